The van der Waals surface area contributed by atoms with E-state index in [0.29, 0.717) is 0 Å². The number of nitrogens with zero attached hydrogens (tertiary/aromatic N) is 2. The quantitative estimate of drug-likeness (QED) is 0.577. The highest BCUT2D eigenvalue weighted by atomic mass is 15.2. The van der Waals surface area contributed by atoms with E-state index < -0.39 is 0 Å². The average Bonchev–Trinajstić information content (AvgIpc) is 2.89. The highest BCUT2D eigenvalue weighted by Crippen LogP contribution is 2.22. The largest absolute Gasteiger partial charge is 0.356 e. The Kier molecular flexibility index (Phi) is 4.08. The molecular weight excluding hydrogens is 232 g/mol. The van der Waals surface area contributed by atoms with E-state index in [4.69, 9.17) is 4.99 Å². The summed E-state index contributed by atoms with van der Waals surface area (Å²) in [6.07, 6.45) is 2.51. The van der Waals surface area contributed by atoms with Crippen molar-refractivity contribution >= 4 is 11.4 Å². The molecule has 19 heavy (non-hydrogen) atoms. The first-order valence-electron chi connectivity index (χ1n) is 7.07. The van der Waals surface area contributed by atoms with Crippen LogP contribution < -0.4 is 0 Å². The van der Waals surface area contributed by atoms with Crippen molar-refractivity contribution < 1.29 is 0 Å². The van der Waals surface area contributed by atoms with Gasteiger partial charge in [0, 0.05) is 18.7 Å². The molecule has 0 N–H and O–H groups in total. The van der Waals surface area contributed by atoms with Gasteiger partial charge in [0.15, 0.2) is 0 Å². The Morgan fingerprint density at radius 3 is 2.21 bits per heavy atom. The zero-order valence-corrected chi connectivity index (χ0v) is 12.3. The summed E-state index contributed by atoms with van der Waals surface area (Å²) < 4.78 is 0. The first-order chi connectivity index (χ1) is 8.97. The Balaban J connectivity index is 2.32. The van der Waals surface area contributed by atoms with E-state index in [1.807, 2.05) is 6.07 Å². The van der Waals surface area contributed by atoms with Gasteiger partial charge in [-0.15, -0.1) is 0 Å². The van der Waals surface area contributed by atoms with Crippen LogP contribution in [0.1, 0.15) is 39.2 Å². The topological polar surface area (TPSA) is 15.6 Å². The molecule has 2 nitrogen and oxygen atoms in total. The lowest BCUT2D eigenvalue weighted by Gasteiger charge is -2.26. The van der Waals surface area contributed by atoms with E-state index >= 15 is 0 Å². The van der Waals surface area contributed by atoms with Crippen LogP contribution in [0.15, 0.2) is 41.9 Å². The van der Waals surface area contributed by atoms with Gasteiger partial charge in [-0.2, -0.15) is 0 Å². The van der Waals surface area contributed by atoms with Gasteiger partial charge in [0.2, 0.25) is 0 Å². The van der Waals surface area contributed by atoms with Crippen molar-refractivity contribution in [3.05, 3.63) is 42.5 Å². The molecule has 0 unspecified atom stereocenters. The molecule has 1 aliphatic heterocycles. The third-order valence-corrected chi connectivity index (χ3v) is 3.24. The van der Waals surface area contributed by atoms with E-state index in [-0.39, 0.29) is 5.54 Å². The summed E-state index contributed by atoms with van der Waals surface area (Å²) in [5.74, 6) is 1.07. The summed E-state index contributed by atoms with van der Waals surface area (Å²) in [6.45, 7) is 12.9. The minimum Gasteiger partial charge on any atom is -0.356 e. The van der Waals surface area contributed by atoms with Crippen LogP contribution in [-0.2, 0) is 0 Å². The monoisotopic (exact) mass is 256 g/mol. The van der Waals surface area contributed by atoms with Crippen molar-refractivity contribution in [2.45, 2.75) is 39.2 Å². The molecule has 0 atom stereocenters. The van der Waals surface area contributed by atoms with Crippen molar-refractivity contribution in [1.29, 1.82) is 0 Å². The van der Waals surface area contributed by atoms with Crippen molar-refractivity contribution in [1.82, 2.24) is 4.90 Å². The van der Waals surface area contributed by atoms with E-state index in [1.54, 1.807) is 0 Å². The molecular formula is C17H24N2. The zero-order chi connectivity index (χ0) is 13.9. The first kappa shape index (κ1) is 13.9. The predicted octanol–water partition coefficient (Wildman–Crippen LogP) is 3.99. The number of benzene rings is 1. The highest BCUT2D eigenvalue weighted by Gasteiger charge is 2.22. The van der Waals surface area contributed by atoms with Crippen LogP contribution in [0.5, 0.6) is 0 Å². The van der Waals surface area contributed by atoms with Crippen molar-refractivity contribution in [2.75, 3.05) is 13.1 Å². The van der Waals surface area contributed by atoms with E-state index in [9.17, 15) is 0 Å². The van der Waals surface area contributed by atoms with Crippen LogP contribution in [-0.4, -0.2) is 29.4 Å². The molecule has 0 bridgehead atoms. The summed E-state index contributed by atoms with van der Waals surface area (Å²) in [5, 5.41) is 0. The average molecular weight is 256 g/mol. The second-order valence-corrected chi connectivity index (χ2v) is 6.14. The molecule has 1 aromatic rings. The maximum absolute atomic E-state index is 4.91. The second kappa shape index (κ2) is 5.60. The number of rotatable bonds is 2. The Labute approximate surface area is 116 Å². The van der Waals surface area contributed by atoms with Crippen LogP contribution in [0.4, 0.5) is 0 Å². The molecule has 0 amide bonds. The summed E-state index contributed by atoms with van der Waals surface area (Å²) in [5.41, 5.74) is 2.13. The van der Waals surface area contributed by atoms with Gasteiger partial charge >= 0.3 is 0 Å². The Hall–Kier alpha value is -1.57. The molecule has 2 rings (SSSR count). The molecule has 0 aliphatic carbocycles. The Morgan fingerprint density at radius 1 is 1.11 bits per heavy atom. The standard InChI is InChI=1S/C17H24N2/c1-14(15-10-6-5-7-11-15)16(18-17(2,3)4)19-12-8-9-13-19/h5-7,10-11H,1,8-9,12-13H2,2-4H3. The van der Waals surface area contributed by atoms with Crippen LogP contribution in [0, 0.1) is 0 Å². The third-order valence-electron chi connectivity index (χ3n) is 3.24. The Bertz CT molecular complexity index is 460. The number of amidine groups is 1. The van der Waals surface area contributed by atoms with E-state index in [0.717, 1.165) is 30.1 Å². The van der Waals surface area contributed by atoms with Gasteiger partial charge in [-0.3, -0.25) is 4.99 Å². The zero-order valence-electron chi connectivity index (χ0n) is 12.3. The highest BCUT2D eigenvalue weighted by molar-refractivity contribution is 6.22. The molecule has 1 aliphatic rings. The van der Waals surface area contributed by atoms with Crippen molar-refractivity contribution in [3.8, 4) is 0 Å². The van der Waals surface area contributed by atoms with Gasteiger partial charge < -0.3 is 4.90 Å². The molecule has 1 aromatic carbocycles. The smallest absolute Gasteiger partial charge is 0.131 e. The summed E-state index contributed by atoms with van der Waals surface area (Å²) in [4.78, 5) is 7.29. The molecule has 2 heteroatoms. The van der Waals surface area contributed by atoms with Gasteiger partial charge in [-0.1, -0.05) is 36.9 Å². The second-order valence-electron chi connectivity index (χ2n) is 6.14. The normalized spacial score (nSPS) is 16.8. The predicted molar refractivity (Wildman–Crippen MR) is 83.5 cm³/mol. The van der Waals surface area contributed by atoms with Crippen LogP contribution >= 0.6 is 0 Å². The first-order valence-corrected chi connectivity index (χ1v) is 7.07. The van der Waals surface area contributed by atoms with Crippen molar-refractivity contribution in [3.63, 3.8) is 0 Å². The van der Waals surface area contributed by atoms with Crippen LogP contribution in [0.3, 0.4) is 0 Å². The molecule has 0 aromatic heterocycles. The Morgan fingerprint density at radius 2 is 1.68 bits per heavy atom. The van der Waals surface area contributed by atoms with Crippen molar-refractivity contribution in [2.24, 2.45) is 4.99 Å². The summed E-state index contributed by atoms with van der Waals surface area (Å²) in [7, 11) is 0. The molecule has 102 valence electrons. The molecule has 0 saturated carbocycles. The molecule has 1 saturated heterocycles. The fourth-order valence-electron chi connectivity index (χ4n) is 2.34. The minimum absolute atomic E-state index is 0.0738. The number of hydrogen-bond acceptors (Lipinski definition) is 1. The van der Waals surface area contributed by atoms with Gasteiger partial charge in [-0.25, -0.2) is 0 Å². The van der Waals surface area contributed by atoms with Gasteiger partial charge in [0.05, 0.1) is 5.54 Å². The summed E-state index contributed by atoms with van der Waals surface area (Å²) >= 11 is 0. The summed E-state index contributed by atoms with van der Waals surface area (Å²) in [6, 6.07) is 10.4. The van der Waals surface area contributed by atoms with Gasteiger partial charge in [0.25, 0.3) is 0 Å². The molecule has 1 heterocycles. The van der Waals surface area contributed by atoms with E-state index in [1.165, 1.54) is 12.8 Å². The number of likely N-dealkylation sites (tertiary alicyclic amines) is 1. The number of aliphatic imine (C=N–C) groups is 1. The van der Waals surface area contributed by atoms with Crippen LogP contribution in [0.25, 0.3) is 5.57 Å². The van der Waals surface area contributed by atoms with Gasteiger partial charge in [-0.05, 0) is 39.2 Å². The lowest BCUT2D eigenvalue weighted by Crippen LogP contribution is -2.31. The third kappa shape index (κ3) is 3.69. The molecule has 0 spiro atoms. The number of hydrogen-bond donors (Lipinski definition) is 0. The lowest BCUT2D eigenvalue weighted by atomic mass is 10.0. The molecule has 0 radical (unpaired) electrons. The van der Waals surface area contributed by atoms with E-state index in [2.05, 4.69) is 56.5 Å². The van der Waals surface area contributed by atoms with Gasteiger partial charge in [0.1, 0.15) is 5.84 Å². The van der Waals surface area contributed by atoms with Crippen LogP contribution in [0.2, 0.25) is 0 Å². The maximum Gasteiger partial charge on any atom is 0.131 e. The fraction of sp³-hybridized carbons (Fsp3) is 0.471. The molecule has 1 fully saturated rings. The minimum atomic E-state index is -0.0738. The SMILES string of the molecule is C=C(C(=NC(C)(C)C)N1CCCC1)c1ccccc1. The maximum atomic E-state index is 4.91. The lowest BCUT2D eigenvalue weighted by molar-refractivity contribution is 0.499. The fourth-order valence-corrected chi connectivity index (χ4v) is 2.34.